The van der Waals surface area contributed by atoms with E-state index in [-0.39, 0.29) is 23.6 Å². The van der Waals surface area contributed by atoms with Gasteiger partial charge in [0.15, 0.2) is 0 Å². The third-order valence-electron chi connectivity index (χ3n) is 2.82. The molecule has 0 aliphatic heterocycles. The number of rotatable bonds is 2. The van der Waals surface area contributed by atoms with Gasteiger partial charge in [0, 0.05) is 12.3 Å². The molecule has 3 atom stereocenters. The molecule has 3 nitrogen and oxygen atoms in total. The molecule has 0 bridgehead atoms. The standard InChI is InChI=1S/C9H12O3/c1-2-12-9(11)8-5-3-4-6(10)7(5)8/h5,7-8H,2-4H2,1H3/t5-,7+,8-/m1/s1. The molecule has 2 aliphatic rings. The first kappa shape index (κ1) is 7.77. The van der Waals surface area contributed by atoms with Gasteiger partial charge in [-0.1, -0.05) is 0 Å². The number of carbonyl (C=O) groups excluding carboxylic acids is 2. The lowest BCUT2D eigenvalue weighted by atomic mass is 10.1. The average molecular weight is 168 g/mol. The lowest BCUT2D eigenvalue weighted by Gasteiger charge is -2.01. The Bertz CT molecular complexity index is 234. The predicted molar refractivity (Wildman–Crippen MR) is 41.3 cm³/mol. The molecule has 2 rings (SSSR count). The SMILES string of the molecule is CCOC(=O)[C@@H]1[C@@H]2CCC(=O)[C@H]21. The summed E-state index contributed by atoms with van der Waals surface area (Å²) in [5.41, 5.74) is 0. The summed E-state index contributed by atoms with van der Waals surface area (Å²) in [5.74, 6) is 0.380. The molecular formula is C9H12O3. The minimum atomic E-state index is -0.166. The zero-order chi connectivity index (χ0) is 8.72. The number of fused-ring (bicyclic) bond motifs is 1. The molecule has 2 saturated carbocycles. The highest BCUT2D eigenvalue weighted by molar-refractivity contribution is 5.94. The molecule has 0 heterocycles. The summed E-state index contributed by atoms with van der Waals surface area (Å²) < 4.78 is 4.86. The van der Waals surface area contributed by atoms with Gasteiger partial charge in [-0.15, -0.1) is 0 Å². The van der Waals surface area contributed by atoms with Crippen LogP contribution in [0.15, 0.2) is 0 Å². The molecule has 2 aliphatic carbocycles. The largest absolute Gasteiger partial charge is 0.466 e. The zero-order valence-electron chi connectivity index (χ0n) is 7.08. The van der Waals surface area contributed by atoms with E-state index in [2.05, 4.69) is 0 Å². The van der Waals surface area contributed by atoms with E-state index in [9.17, 15) is 9.59 Å². The van der Waals surface area contributed by atoms with Crippen molar-refractivity contribution in [2.45, 2.75) is 19.8 Å². The number of hydrogen-bond acceptors (Lipinski definition) is 3. The fraction of sp³-hybridized carbons (Fsp3) is 0.778. The number of esters is 1. The van der Waals surface area contributed by atoms with Gasteiger partial charge in [0.25, 0.3) is 0 Å². The first-order valence-electron chi connectivity index (χ1n) is 4.45. The van der Waals surface area contributed by atoms with Gasteiger partial charge in [-0.05, 0) is 19.3 Å². The van der Waals surface area contributed by atoms with Crippen LogP contribution >= 0.6 is 0 Å². The molecule has 0 radical (unpaired) electrons. The van der Waals surface area contributed by atoms with Crippen LogP contribution in [0.1, 0.15) is 19.8 Å². The molecular weight excluding hydrogens is 156 g/mol. The van der Waals surface area contributed by atoms with Crippen LogP contribution in [-0.4, -0.2) is 18.4 Å². The molecule has 0 saturated heterocycles. The molecule has 12 heavy (non-hydrogen) atoms. The maximum Gasteiger partial charge on any atom is 0.309 e. The molecule has 0 amide bonds. The van der Waals surface area contributed by atoms with Crippen LogP contribution < -0.4 is 0 Å². The van der Waals surface area contributed by atoms with Gasteiger partial charge in [-0.3, -0.25) is 9.59 Å². The molecule has 0 aromatic carbocycles. The summed E-state index contributed by atoms with van der Waals surface area (Å²) in [6, 6.07) is 0. The molecule has 0 spiro atoms. The minimum Gasteiger partial charge on any atom is -0.466 e. The van der Waals surface area contributed by atoms with E-state index in [0.717, 1.165) is 6.42 Å². The molecule has 66 valence electrons. The quantitative estimate of drug-likeness (QED) is 0.572. The van der Waals surface area contributed by atoms with E-state index in [0.29, 0.717) is 18.9 Å². The summed E-state index contributed by atoms with van der Waals surface area (Å²) in [5, 5.41) is 0. The van der Waals surface area contributed by atoms with Crippen LogP contribution in [0.3, 0.4) is 0 Å². The van der Waals surface area contributed by atoms with E-state index in [1.165, 1.54) is 0 Å². The van der Waals surface area contributed by atoms with Crippen molar-refractivity contribution in [2.75, 3.05) is 6.61 Å². The van der Waals surface area contributed by atoms with Crippen LogP contribution in [0.25, 0.3) is 0 Å². The summed E-state index contributed by atoms with van der Waals surface area (Å²) in [6.45, 7) is 2.21. The van der Waals surface area contributed by atoms with Gasteiger partial charge >= 0.3 is 5.97 Å². The van der Waals surface area contributed by atoms with Crippen molar-refractivity contribution in [3.8, 4) is 0 Å². The Labute approximate surface area is 71.1 Å². The van der Waals surface area contributed by atoms with E-state index < -0.39 is 0 Å². The third kappa shape index (κ3) is 0.958. The van der Waals surface area contributed by atoms with Crippen molar-refractivity contribution in [3.05, 3.63) is 0 Å². The predicted octanol–water partition coefficient (Wildman–Crippen LogP) is 0.775. The van der Waals surface area contributed by atoms with Gasteiger partial charge < -0.3 is 4.74 Å². The molecule has 0 aromatic heterocycles. The average Bonchev–Trinajstić information content (AvgIpc) is 2.65. The second kappa shape index (κ2) is 2.57. The van der Waals surface area contributed by atoms with E-state index in [1.807, 2.05) is 0 Å². The second-order valence-corrected chi connectivity index (χ2v) is 3.47. The van der Waals surface area contributed by atoms with Crippen LogP contribution in [0.4, 0.5) is 0 Å². The van der Waals surface area contributed by atoms with Gasteiger partial charge in [-0.2, -0.15) is 0 Å². The Hall–Kier alpha value is -0.860. The first-order valence-corrected chi connectivity index (χ1v) is 4.45. The van der Waals surface area contributed by atoms with Crippen molar-refractivity contribution in [1.29, 1.82) is 0 Å². The maximum atomic E-state index is 11.2. The van der Waals surface area contributed by atoms with Gasteiger partial charge in [0.05, 0.1) is 12.5 Å². The van der Waals surface area contributed by atoms with Crippen LogP contribution in [0.5, 0.6) is 0 Å². The van der Waals surface area contributed by atoms with Gasteiger partial charge in [-0.25, -0.2) is 0 Å². The molecule has 2 fully saturated rings. The Kier molecular flexibility index (Phi) is 1.67. The van der Waals surface area contributed by atoms with Crippen molar-refractivity contribution in [3.63, 3.8) is 0 Å². The smallest absolute Gasteiger partial charge is 0.309 e. The fourth-order valence-corrected chi connectivity index (χ4v) is 2.21. The van der Waals surface area contributed by atoms with Gasteiger partial charge in [0.2, 0.25) is 0 Å². The number of ketones is 1. The number of Topliss-reactive ketones (excluding diaryl/α,β-unsaturated/α-hetero) is 1. The number of hydrogen-bond donors (Lipinski definition) is 0. The zero-order valence-corrected chi connectivity index (χ0v) is 7.08. The third-order valence-corrected chi connectivity index (χ3v) is 2.82. The van der Waals surface area contributed by atoms with Gasteiger partial charge in [0.1, 0.15) is 5.78 Å². The Morgan fingerprint density at radius 1 is 1.67 bits per heavy atom. The highest BCUT2D eigenvalue weighted by Gasteiger charge is 2.62. The molecule has 0 unspecified atom stereocenters. The van der Waals surface area contributed by atoms with E-state index in [4.69, 9.17) is 4.74 Å². The number of ether oxygens (including phenoxy) is 1. The highest BCUT2D eigenvalue weighted by Crippen LogP contribution is 2.55. The second-order valence-electron chi connectivity index (χ2n) is 3.47. The summed E-state index contributed by atoms with van der Waals surface area (Å²) in [4.78, 5) is 22.3. The number of carbonyl (C=O) groups is 2. The maximum absolute atomic E-state index is 11.2. The molecule has 0 N–H and O–H groups in total. The van der Waals surface area contributed by atoms with E-state index >= 15 is 0 Å². The summed E-state index contributed by atoms with van der Waals surface area (Å²) >= 11 is 0. The Balaban J connectivity index is 1.94. The Morgan fingerprint density at radius 2 is 2.42 bits per heavy atom. The van der Waals surface area contributed by atoms with Crippen LogP contribution in [-0.2, 0) is 14.3 Å². The fourth-order valence-electron chi connectivity index (χ4n) is 2.21. The van der Waals surface area contributed by atoms with Crippen molar-refractivity contribution < 1.29 is 14.3 Å². The van der Waals surface area contributed by atoms with Crippen molar-refractivity contribution >= 4 is 11.8 Å². The van der Waals surface area contributed by atoms with Crippen LogP contribution in [0.2, 0.25) is 0 Å². The topological polar surface area (TPSA) is 43.4 Å². The molecule has 0 aromatic rings. The minimum absolute atomic E-state index is 0.0315. The Morgan fingerprint density at radius 3 is 2.92 bits per heavy atom. The lowest BCUT2D eigenvalue weighted by Crippen LogP contribution is -2.12. The van der Waals surface area contributed by atoms with Crippen molar-refractivity contribution in [2.24, 2.45) is 17.8 Å². The monoisotopic (exact) mass is 168 g/mol. The summed E-state index contributed by atoms with van der Waals surface area (Å²) in [6.07, 6.45) is 1.57. The first-order chi connectivity index (χ1) is 5.75. The lowest BCUT2D eigenvalue weighted by molar-refractivity contribution is -0.146. The molecule has 3 heteroatoms. The van der Waals surface area contributed by atoms with E-state index in [1.54, 1.807) is 6.92 Å². The summed E-state index contributed by atoms with van der Waals surface area (Å²) in [7, 11) is 0. The highest BCUT2D eigenvalue weighted by atomic mass is 16.5. The van der Waals surface area contributed by atoms with Crippen LogP contribution in [0, 0.1) is 17.8 Å². The van der Waals surface area contributed by atoms with Crippen molar-refractivity contribution in [1.82, 2.24) is 0 Å². The normalized spacial score (nSPS) is 37.8.